The van der Waals surface area contributed by atoms with Crippen molar-refractivity contribution in [2.75, 3.05) is 21.3 Å². The third-order valence-electron chi connectivity index (χ3n) is 3.15. The molecular weight excluding hydrogens is 256 g/mol. The van der Waals surface area contributed by atoms with Crippen LogP contribution in [0, 0.1) is 0 Å². The molecule has 2 aromatic carbocycles. The van der Waals surface area contributed by atoms with Crippen molar-refractivity contribution in [3.8, 4) is 11.1 Å². The number of hydrogen-bond donors (Lipinski definition) is 0. The van der Waals surface area contributed by atoms with E-state index in [1.807, 2.05) is 36.4 Å². The molecule has 2 rings (SSSR count). The molecule has 0 saturated heterocycles. The third kappa shape index (κ3) is 2.62. The van der Waals surface area contributed by atoms with Gasteiger partial charge in [-0.15, -0.1) is 0 Å². The van der Waals surface area contributed by atoms with E-state index in [1.165, 1.54) is 0 Å². The summed E-state index contributed by atoms with van der Waals surface area (Å²) in [6.07, 6.45) is 0. The van der Waals surface area contributed by atoms with Crippen molar-refractivity contribution < 1.29 is 13.3 Å². The molecule has 0 atom stereocenters. The highest BCUT2D eigenvalue weighted by Crippen LogP contribution is 2.21. The van der Waals surface area contributed by atoms with Crippen LogP contribution >= 0.6 is 0 Å². The van der Waals surface area contributed by atoms with Crippen molar-refractivity contribution >= 4 is 14.0 Å². The van der Waals surface area contributed by atoms with E-state index < -0.39 is 8.80 Å². The summed E-state index contributed by atoms with van der Waals surface area (Å²) in [6, 6.07) is 18.2. The molecule has 0 aromatic heterocycles. The lowest BCUT2D eigenvalue weighted by Gasteiger charge is -2.26. The molecule has 0 spiro atoms. The molecule has 0 amide bonds. The Balaban J connectivity index is 2.59. The van der Waals surface area contributed by atoms with Gasteiger partial charge in [-0.05, 0) is 11.1 Å². The van der Waals surface area contributed by atoms with Gasteiger partial charge in [-0.25, -0.2) is 0 Å². The van der Waals surface area contributed by atoms with Crippen LogP contribution in [0.4, 0.5) is 0 Å². The molecular formula is C15H18O3Si. The summed E-state index contributed by atoms with van der Waals surface area (Å²) in [5.41, 5.74) is 2.21. The first kappa shape index (κ1) is 14.0. The summed E-state index contributed by atoms with van der Waals surface area (Å²) in [7, 11) is 2.06. The fourth-order valence-electron chi connectivity index (χ4n) is 2.20. The van der Waals surface area contributed by atoms with Gasteiger partial charge in [0.25, 0.3) is 0 Å². The van der Waals surface area contributed by atoms with Gasteiger partial charge >= 0.3 is 8.80 Å². The molecule has 0 fully saturated rings. The van der Waals surface area contributed by atoms with Crippen LogP contribution < -0.4 is 5.19 Å². The maximum Gasteiger partial charge on any atom is 0.537 e. The van der Waals surface area contributed by atoms with Crippen LogP contribution in [-0.2, 0) is 13.3 Å². The summed E-state index contributed by atoms with van der Waals surface area (Å²) in [5.74, 6) is 0. The molecule has 0 heterocycles. The lowest BCUT2D eigenvalue weighted by atomic mass is 10.1. The van der Waals surface area contributed by atoms with E-state index in [0.29, 0.717) is 0 Å². The fraction of sp³-hybridized carbons (Fsp3) is 0.200. The second kappa shape index (κ2) is 6.12. The summed E-state index contributed by atoms with van der Waals surface area (Å²) in [6.45, 7) is 0. The van der Waals surface area contributed by atoms with Crippen molar-refractivity contribution in [2.45, 2.75) is 0 Å². The van der Waals surface area contributed by atoms with E-state index in [9.17, 15) is 0 Å². The first-order valence-corrected chi connectivity index (χ1v) is 7.80. The predicted octanol–water partition coefficient (Wildman–Crippen LogP) is 2.44. The molecule has 0 saturated carbocycles. The topological polar surface area (TPSA) is 27.7 Å². The second-order valence-corrected chi connectivity index (χ2v) is 6.96. The standard InChI is InChI=1S/C15H18O3Si/c1-16-19(17-2,18-3)15-12-8-7-11-14(15)13-9-5-4-6-10-13/h4-12H,1-3H3. The van der Waals surface area contributed by atoms with E-state index in [2.05, 4.69) is 18.2 Å². The van der Waals surface area contributed by atoms with Gasteiger partial charge in [-0.2, -0.15) is 0 Å². The molecule has 0 radical (unpaired) electrons. The van der Waals surface area contributed by atoms with Gasteiger partial charge in [-0.1, -0.05) is 54.6 Å². The smallest absolute Gasteiger partial charge is 0.373 e. The molecule has 19 heavy (non-hydrogen) atoms. The van der Waals surface area contributed by atoms with Gasteiger partial charge in [0.15, 0.2) is 0 Å². The third-order valence-corrected chi connectivity index (χ3v) is 5.86. The lowest BCUT2D eigenvalue weighted by Crippen LogP contribution is -2.55. The molecule has 0 unspecified atom stereocenters. The Hall–Kier alpha value is -1.46. The summed E-state index contributed by atoms with van der Waals surface area (Å²) in [4.78, 5) is 0. The minimum atomic E-state index is -2.82. The van der Waals surface area contributed by atoms with E-state index in [0.717, 1.165) is 16.3 Å². The highest BCUT2D eigenvalue weighted by Gasteiger charge is 2.42. The molecule has 4 heteroatoms. The predicted molar refractivity (Wildman–Crippen MR) is 78.3 cm³/mol. The lowest BCUT2D eigenvalue weighted by molar-refractivity contribution is 0.140. The SMILES string of the molecule is CO[Si](OC)(OC)c1ccccc1-c1ccccc1. The van der Waals surface area contributed by atoms with E-state index in [1.54, 1.807) is 21.3 Å². The van der Waals surface area contributed by atoms with Gasteiger partial charge in [0.05, 0.1) is 0 Å². The van der Waals surface area contributed by atoms with E-state index in [-0.39, 0.29) is 0 Å². The Labute approximate surface area is 115 Å². The van der Waals surface area contributed by atoms with Crippen LogP contribution in [0.15, 0.2) is 54.6 Å². The molecule has 100 valence electrons. The molecule has 3 nitrogen and oxygen atoms in total. The highest BCUT2D eigenvalue weighted by atomic mass is 28.4. The van der Waals surface area contributed by atoms with Gasteiger partial charge in [0.2, 0.25) is 0 Å². The van der Waals surface area contributed by atoms with Crippen molar-refractivity contribution in [3.63, 3.8) is 0 Å². The van der Waals surface area contributed by atoms with Gasteiger partial charge in [0, 0.05) is 26.5 Å². The average Bonchev–Trinajstić information content (AvgIpc) is 2.51. The normalized spacial score (nSPS) is 11.5. The minimum Gasteiger partial charge on any atom is -0.373 e. The van der Waals surface area contributed by atoms with Crippen LogP contribution in [0.25, 0.3) is 11.1 Å². The zero-order valence-electron chi connectivity index (χ0n) is 11.4. The molecule has 0 N–H and O–H groups in total. The van der Waals surface area contributed by atoms with Crippen LogP contribution in [0.5, 0.6) is 0 Å². The Morgan fingerprint density at radius 1 is 0.684 bits per heavy atom. The molecule has 2 aromatic rings. The van der Waals surface area contributed by atoms with Gasteiger partial charge in [-0.3, -0.25) is 0 Å². The van der Waals surface area contributed by atoms with Crippen molar-refractivity contribution in [3.05, 3.63) is 54.6 Å². The Morgan fingerprint density at radius 3 is 1.79 bits per heavy atom. The largest absolute Gasteiger partial charge is 0.537 e. The summed E-state index contributed by atoms with van der Waals surface area (Å²) < 4.78 is 16.7. The van der Waals surface area contributed by atoms with Crippen molar-refractivity contribution in [1.29, 1.82) is 0 Å². The van der Waals surface area contributed by atoms with Gasteiger partial charge < -0.3 is 13.3 Å². The van der Waals surface area contributed by atoms with E-state index in [4.69, 9.17) is 13.3 Å². The molecule has 0 aliphatic rings. The van der Waals surface area contributed by atoms with Gasteiger partial charge in [0.1, 0.15) is 0 Å². The quantitative estimate of drug-likeness (QED) is 0.784. The zero-order valence-corrected chi connectivity index (χ0v) is 12.4. The molecule has 0 aliphatic carbocycles. The molecule has 0 aliphatic heterocycles. The zero-order chi connectivity index (χ0) is 13.7. The average molecular weight is 274 g/mol. The van der Waals surface area contributed by atoms with Crippen LogP contribution in [0.1, 0.15) is 0 Å². The summed E-state index contributed by atoms with van der Waals surface area (Å²) in [5, 5.41) is 0.980. The minimum absolute atomic E-state index is 0.980. The maximum absolute atomic E-state index is 5.58. The van der Waals surface area contributed by atoms with Crippen molar-refractivity contribution in [1.82, 2.24) is 0 Å². The Bertz CT molecular complexity index is 516. The first-order valence-electron chi connectivity index (χ1n) is 6.08. The van der Waals surface area contributed by atoms with Crippen LogP contribution in [-0.4, -0.2) is 30.1 Å². The fourth-order valence-corrected chi connectivity index (χ4v) is 4.22. The first-order chi connectivity index (χ1) is 9.27. The highest BCUT2D eigenvalue weighted by molar-refractivity contribution is 6.76. The van der Waals surface area contributed by atoms with Crippen LogP contribution in [0.2, 0.25) is 0 Å². The Kier molecular flexibility index (Phi) is 4.50. The van der Waals surface area contributed by atoms with E-state index >= 15 is 0 Å². The molecule has 0 bridgehead atoms. The Morgan fingerprint density at radius 2 is 1.21 bits per heavy atom. The summed E-state index contributed by atoms with van der Waals surface area (Å²) >= 11 is 0. The number of rotatable bonds is 5. The van der Waals surface area contributed by atoms with Crippen LogP contribution in [0.3, 0.4) is 0 Å². The number of hydrogen-bond acceptors (Lipinski definition) is 3. The maximum atomic E-state index is 5.58. The van der Waals surface area contributed by atoms with Crippen molar-refractivity contribution in [2.24, 2.45) is 0 Å². The second-order valence-electron chi connectivity index (χ2n) is 4.08. The number of benzene rings is 2. The monoisotopic (exact) mass is 274 g/mol.